The topological polar surface area (TPSA) is 109 Å². The number of hydroxylamine groups is 1. The van der Waals surface area contributed by atoms with E-state index in [1.165, 1.54) is 35.9 Å². The van der Waals surface area contributed by atoms with Crippen LogP contribution in [0.4, 0.5) is 5.69 Å². The third-order valence-corrected chi connectivity index (χ3v) is 6.69. The highest BCUT2D eigenvalue weighted by Crippen LogP contribution is 2.31. The molecule has 3 rings (SSSR count). The molecular formula is C23H24N2O6S. The molecule has 8 nitrogen and oxygen atoms in total. The first kappa shape index (κ1) is 23.1. The molecule has 3 aromatic rings. The van der Waals surface area contributed by atoms with Crippen LogP contribution < -0.4 is 14.5 Å². The van der Waals surface area contributed by atoms with E-state index in [2.05, 4.69) is 0 Å². The molecular weight excluding hydrogens is 432 g/mol. The largest absolute Gasteiger partial charge is 0.497 e. The molecule has 32 heavy (non-hydrogen) atoms. The lowest BCUT2D eigenvalue weighted by molar-refractivity contribution is -0.124. The molecule has 2 aromatic carbocycles. The van der Waals surface area contributed by atoms with Crippen molar-refractivity contribution in [3.63, 3.8) is 0 Å². The van der Waals surface area contributed by atoms with Gasteiger partial charge in [-0.15, -0.1) is 0 Å². The van der Waals surface area contributed by atoms with Gasteiger partial charge < -0.3 is 9.15 Å². The van der Waals surface area contributed by atoms with Crippen LogP contribution in [-0.2, 0) is 14.8 Å². The Morgan fingerprint density at radius 3 is 2.41 bits per heavy atom. The summed E-state index contributed by atoms with van der Waals surface area (Å²) in [6.45, 7) is 3.55. The number of hydrogen-bond acceptors (Lipinski definition) is 6. The number of carbonyl (C=O) groups excluding carboxylic acids is 1. The Kier molecular flexibility index (Phi) is 7.01. The molecule has 168 valence electrons. The Bertz CT molecular complexity index is 1200. The molecule has 0 spiro atoms. The SMILES string of the molecule is COc1ccc(S(=O)(=O)N(c2cccc(/C(=C\C(=O)NO)c3ccco3)c2)C(C)C)cc1. The molecule has 0 unspecified atom stereocenters. The zero-order valence-corrected chi connectivity index (χ0v) is 18.7. The molecule has 0 radical (unpaired) electrons. The van der Waals surface area contributed by atoms with Gasteiger partial charge in [0.15, 0.2) is 0 Å². The smallest absolute Gasteiger partial charge is 0.268 e. The first-order valence-electron chi connectivity index (χ1n) is 9.76. The predicted octanol–water partition coefficient (Wildman–Crippen LogP) is 3.83. The second-order valence-corrected chi connectivity index (χ2v) is 8.95. The van der Waals surface area contributed by atoms with Crippen molar-refractivity contribution in [2.75, 3.05) is 11.4 Å². The fourth-order valence-electron chi connectivity index (χ4n) is 3.28. The molecule has 0 atom stereocenters. The fraction of sp³-hybridized carbons (Fsp3) is 0.174. The third kappa shape index (κ3) is 4.84. The molecule has 0 aliphatic carbocycles. The van der Waals surface area contributed by atoms with Gasteiger partial charge in [0.1, 0.15) is 11.5 Å². The molecule has 2 N–H and O–H groups in total. The number of benzene rings is 2. The number of anilines is 1. The third-order valence-electron chi connectivity index (χ3n) is 4.67. The van der Waals surface area contributed by atoms with Crippen LogP contribution >= 0.6 is 0 Å². The maximum absolute atomic E-state index is 13.5. The van der Waals surface area contributed by atoms with Gasteiger partial charge >= 0.3 is 0 Å². The summed E-state index contributed by atoms with van der Waals surface area (Å²) in [4.78, 5) is 11.9. The highest BCUT2D eigenvalue weighted by Gasteiger charge is 2.28. The van der Waals surface area contributed by atoms with Crippen LogP contribution in [0.5, 0.6) is 5.75 Å². The van der Waals surface area contributed by atoms with Gasteiger partial charge in [-0.2, -0.15) is 0 Å². The van der Waals surface area contributed by atoms with Crippen molar-refractivity contribution in [1.29, 1.82) is 0 Å². The number of furan rings is 1. The second-order valence-electron chi connectivity index (χ2n) is 7.13. The van der Waals surface area contributed by atoms with E-state index in [0.717, 1.165) is 0 Å². The van der Waals surface area contributed by atoms with Crippen molar-refractivity contribution < 1.29 is 27.6 Å². The van der Waals surface area contributed by atoms with Crippen molar-refractivity contribution in [3.05, 3.63) is 84.3 Å². The normalized spacial score (nSPS) is 12.0. The van der Waals surface area contributed by atoms with E-state index in [1.807, 2.05) is 0 Å². The molecule has 1 heterocycles. The Morgan fingerprint density at radius 1 is 1.12 bits per heavy atom. The van der Waals surface area contributed by atoms with E-state index in [1.54, 1.807) is 67.9 Å². The number of carbonyl (C=O) groups is 1. The van der Waals surface area contributed by atoms with Crippen LogP contribution in [0.2, 0.25) is 0 Å². The summed E-state index contributed by atoms with van der Waals surface area (Å²) in [5.41, 5.74) is 2.90. The minimum atomic E-state index is -3.89. The number of amides is 1. The van der Waals surface area contributed by atoms with E-state index in [4.69, 9.17) is 14.4 Å². The summed E-state index contributed by atoms with van der Waals surface area (Å²) in [6, 6.07) is 15.8. The summed E-state index contributed by atoms with van der Waals surface area (Å²) in [7, 11) is -2.38. The van der Waals surface area contributed by atoms with Crippen LogP contribution in [0.15, 0.2) is 82.3 Å². The molecule has 0 aliphatic heterocycles. The number of nitrogens with zero attached hydrogens (tertiary/aromatic N) is 1. The molecule has 0 saturated heterocycles. The molecule has 0 saturated carbocycles. The zero-order valence-electron chi connectivity index (χ0n) is 17.8. The summed E-state index contributed by atoms with van der Waals surface area (Å²) in [6.07, 6.45) is 2.63. The molecule has 0 aliphatic rings. The van der Waals surface area contributed by atoms with Gasteiger partial charge in [-0.3, -0.25) is 14.3 Å². The van der Waals surface area contributed by atoms with E-state index < -0.39 is 22.0 Å². The lowest BCUT2D eigenvalue weighted by atomic mass is 10.0. The highest BCUT2D eigenvalue weighted by atomic mass is 32.2. The van der Waals surface area contributed by atoms with E-state index in [0.29, 0.717) is 28.3 Å². The summed E-state index contributed by atoms with van der Waals surface area (Å²) < 4.78 is 38.8. The van der Waals surface area contributed by atoms with E-state index in [9.17, 15) is 13.2 Å². The Labute approximate surface area is 186 Å². The van der Waals surface area contributed by atoms with Gasteiger partial charge in [0.05, 0.1) is 24.0 Å². The van der Waals surface area contributed by atoms with Gasteiger partial charge in [-0.1, -0.05) is 12.1 Å². The van der Waals surface area contributed by atoms with Crippen molar-refractivity contribution >= 4 is 27.2 Å². The lowest BCUT2D eigenvalue weighted by Gasteiger charge is -2.29. The van der Waals surface area contributed by atoms with Crippen molar-refractivity contribution in [1.82, 2.24) is 5.48 Å². The first-order chi connectivity index (χ1) is 15.3. The number of ether oxygens (including phenoxy) is 1. The quantitative estimate of drug-likeness (QED) is 0.303. The van der Waals surface area contributed by atoms with Crippen LogP contribution in [0.25, 0.3) is 5.57 Å². The van der Waals surface area contributed by atoms with Crippen molar-refractivity contribution in [2.24, 2.45) is 0 Å². The Hall–Kier alpha value is -3.56. The number of nitrogens with one attached hydrogen (secondary N) is 1. The van der Waals surface area contributed by atoms with Gasteiger partial charge in [0.2, 0.25) is 0 Å². The minimum Gasteiger partial charge on any atom is -0.497 e. The molecule has 0 bridgehead atoms. The second kappa shape index (κ2) is 9.71. The van der Waals surface area contributed by atoms with Gasteiger partial charge in [0, 0.05) is 17.7 Å². The maximum atomic E-state index is 13.5. The standard InChI is InChI=1S/C23H24N2O6S/c1-16(2)25(32(28,29)20-11-9-19(30-3)10-12-20)18-7-4-6-17(14-18)21(15-23(26)24-27)22-8-5-13-31-22/h4-16,27H,1-3H3,(H,24,26)/b21-15+. The predicted molar refractivity (Wildman–Crippen MR) is 120 cm³/mol. The average molecular weight is 457 g/mol. The van der Waals surface area contributed by atoms with Crippen LogP contribution in [0.1, 0.15) is 25.2 Å². The zero-order chi connectivity index (χ0) is 23.3. The van der Waals surface area contributed by atoms with Crippen molar-refractivity contribution in [3.8, 4) is 5.75 Å². The number of sulfonamides is 1. The van der Waals surface area contributed by atoms with Gasteiger partial charge in [0.25, 0.3) is 15.9 Å². The summed E-state index contributed by atoms with van der Waals surface area (Å²) in [5.74, 6) is 0.200. The molecule has 1 aromatic heterocycles. The molecule has 0 fully saturated rings. The average Bonchev–Trinajstić information content (AvgIpc) is 3.31. The van der Waals surface area contributed by atoms with Gasteiger partial charge in [-0.05, 0) is 67.9 Å². The minimum absolute atomic E-state index is 0.124. The lowest BCUT2D eigenvalue weighted by Crippen LogP contribution is -2.37. The Morgan fingerprint density at radius 2 is 1.84 bits per heavy atom. The van der Waals surface area contributed by atoms with Crippen LogP contribution in [-0.4, -0.2) is 32.7 Å². The monoisotopic (exact) mass is 456 g/mol. The molecule has 1 amide bonds. The van der Waals surface area contributed by atoms with E-state index in [-0.39, 0.29) is 4.90 Å². The van der Waals surface area contributed by atoms with Crippen LogP contribution in [0.3, 0.4) is 0 Å². The van der Waals surface area contributed by atoms with Crippen molar-refractivity contribution in [2.45, 2.75) is 24.8 Å². The number of rotatable bonds is 8. The number of methoxy groups -OCH3 is 1. The Balaban J connectivity index is 2.10. The first-order valence-corrected chi connectivity index (χ1v) is 11.2. The van der Waals surface area contributed by atoms with Gasteiger partial charge in [-0.25, -0.2) is 13.9 Å². The maximum Gasteiger partial charge on any atom is 0.268 e. The number of hydrogen-bond donors (Lipinski definition) is 2. The van der Waals surface area contributed by atoms with E-state index >= 15 is 0 Å². The summed E-state index contributed by atoms with van der Waals surface area (Å²) in [5, 5.41) is 8.94. The highest BCUT2D eigenvalue weighted by molar-refractivity contribution is 7.92. The fourth-order valence-corrected chi connectivity index (χ4v) is 4.93. The molecule has 9 heteroatoms. The van der Waals surface area contributed by atoms with Crippen LogP contribution in [0, 0.1) is 0 Å². The summed E-state index contributed by atoms with van der Waals surface area (Å²) >= 11 is 0.